The first-order valence-electron chi connectivity index (χ1n) is 6.59. The minimum absolute atomic E-state index is 0.0306. The highest BCUT2D eigenvalue weighted by atomic mass is 16.5. The van der Waals surface area contributed by atoms with E-state index in [4.69, 9.17) is 9.84 Å². The van der Waals surface area contributed by atoms with Gasteiger partial charge in [0.2, 0.25) is 0 Å². The van der Waals surface area contributed by atoms with E-state index < -0.39 is 23.5 Å². The van der Waals surface area contributed by atoms with Gasteiger partial charge in [0.25, 0.3) is 0 Å². The monoisotopic (exact) mass is 272 g/mol. The van der Waals surface area contributed by atoms with Crippen molar-refractivity contribution >= 4 is 12.0 Å². The van der Waals surface area contributed by atoms with E-state index in [-0.39, 0.29) is 6.04 Å². The standard InChI is InChI=1S/C13H24N2O4/c1-8(9-5-6-19-7-9)14-12(18)15-10(11(16)17)13(2,3)4/h8-10H,5-7H2,1-4H3,(H,16,17)(H2,14,15,18). The van der Waals surface area contributed by atoms with E-state index in [0.717, 1.165) is 13.0 Å². The number of hydrogen-bond donors (Lipinski definition) is 3. The number of carboxylic acids is 1. The average molecular weight is 272 g/mol. The van der Waals surface area contributed by atoms with Crippen LogP contribution >= 0.6 is 0 Å². The van der Waals surface area contributed by atoms with Gasteiger partial charge in [-0.2, -0.15) is 0 Å². The molecule has 0 radical (unpaired) electrons. The Labute approximate surface area is 113 Å². The summed E-state index contributed by atoms with van der Waals surface area (Å²) >= 11 is 0. The van der Waals surface area contributed by atoms with Crippen molar-refractivity contribution in [3.63, 3.8) is 0 Å². The first-order valence-corrected chi connectivity index (χ1v) is 6.59. The first kappa shape index (κ1) is 15.8. The van der Waals surface area contributed by atoms with E-state index in [1.807, 2.05) is 6.92 Å². The van der Waals surface area contributed by atoms with Gasteiger partial charge in [0.1, 0.15) is 6.04 Å². The van der Waals surface area contributed by atoms with Crippen LogP contribution in [0.1, 0.15) is 34.1 Å². The predicted octanol–water partition coefficient (Wildman–Crippen LogP) is 1.21. The van der Waals surface area contributed by atoms with Crippen molar-refractivity contribution in [2.24, 2.45) is 11.3 Å². The van der Waals surface area contributed by atoms with Crippen LogP contribution in [0.25, 0.3) is 0 Å². The second-order valence-corrected chi connectivity index (χ2v) is 6.17. The normalized spacial score (nSPS) is 22.6. The number of ether oxygens (including phenoxy) is 1. The van der Waals surface area contributed by atoms with Crippen LogP contribution in [-0.4, -0.2) is 42.4 Å². The minimum Gasteiger partial charge on any atom is -0.480 e. The molecule has 1 heterocycles. The van der Waals surface area contributed by atoms with Crippen LogP contribution in [0.4, 0.5) is 4.79 Å². The highest BCUT2D eigenvalue weighted by Crippen LogP contribution is 2.20. The van der Waals surface area contributed by atoms with Gasteiger partial charge in [-0.3, -0.25) is 0 Å². The summed E-state index contributed by atoms with van der Waals surface area (Å²) in [5.74, 6) is -0.733. The number of rotatable bonds is 4. The van der Waals surface area contributed by atoms with Gasteiger partial charge >= 0.3 is 12.0 Å². The van der Waals surface area contributed by atoms with Crippen molar-refractivity contribution in [3.05, 3.63) is 0 Å². The summed E-state index contributed by atoms with van der Waals surface area (Å²) in [5, 5.41) is 14.4. The summed E-state index contributed by atoms with van der Waals surface area (Å²) in [7, 11) is 0. The Balaban J connectivity index is 2.50. The smallest absolute Gasteiger partial charge is 0.326 e. The predicted molar refractivity (Wildman–Crippen MR) is 70.9 cm³/mol. The van der Waals surface area contributed by atoms with E-state index in [2.05, 4.69) is 10.6 Å². The Kier molecular flexibility index (Phi) is 5.17. The SMILES string of the molecule is CC(NC(=O)NC(C(=O)O)C(C)(C)C)C1CCOC1. The van der Waals surface area contributed by atoms with Crippen molar-refractivity contribution in [2.75, 3.05) is 13.2 Å². The molecule has 2 amide bonds. The van der Waals surface area contributed by atoms with Crippen LogP contribution in [-0.2, 0) is 9.53 Å². The second-order valence-electron chi connectivity index (χ2n) is 6.17. The largest absolute Gasteiger partial charge is 0.480 e. The van der Waals surface area contributed by atoms with Crippen LogP contribution in [0.15, 0.2) is 0 Å². The molecular weight excluding hydrogens is 248 g/mol. The Morgan fingerprint density at radius 3 is 2.37 bits per heavy atom. The van der Waals surface area contributed by atoms with Gasteiger partial charge in [-0.1, -0.05) is 20.8 Å². The maximum absolute atomic E-state index is 11.8. The summed E-state index contributed by atoms with van der Waals surface area (Å²) in [6.45, 7) is 8.60. The molecular formula is C13H24N2O4. The van der Waals surface area contributed by atoms with Crippen LogP contribution in [0, 0.1) is 11.3 Å². The number of nitrogens with one attached hydrogen (secondary N) is 2. The zero-order valence-electron chi connectivity index (χ0n) is 12.0. The van der Waals surface area contributed by atoms with Gasteiger partial charge in [0, 0.05) is 18.6 Å². The van der Waals surface area contributed by atoms with E-state index in [1.54, 1.807) is 20.8 Å². The second kappa shape index (κ2) is 6.23. The fourth-order valence-corrected chi connectivity index (χ4v) is 2.09. The van der Waals surface area contributed by atoms with Crippen LogP contribution in [0.3, 0.4) is 0 Å². The minimum atomic E-state index is -1.03. The lowest BCUT2D eigenvalue weighted by Gasteiger charge is -2.29. The lowest BCUT2D eigenvalue weighted by atomic mass is 9.87. The summed E-state index contributed by atoms with van der Waals surface area (Å²) in [6, 6.07) is -1.39. The lowest BCUT2D eigenvalue weighted by molar-refractivity contribution is -0.141. The van der Waals surface area contributed by atoms with Gasteiger partial charge in [-0.15, -0.1) is 0 Å². The molecule has 0 aromatic heterocycles. The zero-order chi connectivity index (χ0) is 14.6. The number of amides is 2. The Hall–Kier alpha value is -1.30. The van der Waals surface area contributed by atoms with Gasteiger partial charge in [0.15, 0.2) is 0 Å². The number of hydrogen-bond acceptors (Lipinski definition) is 3. The maximum atomic E-state index is 11.8. The average Bonchev–Trinajstić information content (AvgIpc) is 2.77. The molecule has 0 saturated carbocycles. The van der Waals surface area contributed by atoms with Crippen LogP contribution < -0.4 is 10.6 Å². The van der Waals surface area contributed by atoms with Gasteiger partial charge in [0.05, 0.1) is 6.61 Å². The number of urea groups is 1. The molecule has 3 N–H and O–H groups in total. The van der Waals surface area contributed by atoms with Crippen molar-refractivity contribution in [1.29, 1.82) is 0 Å². The third-order valence-electron chi connectivity index (χ3n) is 3.42. The number of aliphatic carboxylic acids is 1. The van der Waals surface area contributed by atoms with Crippen molar-refractivity contribution in [1.82, 2.24) is 10.6 Å². The Bertz CT molecular complexity index is 332. The third-order valence-corrected chi connectivity index (χ3v) is 3.42. The molecule has 3 atom stereocenters. The van der Waals surface area contributed by atoms with Crippen LogP contribution in [0.5, 0.6) is 0 Å². The summed E-state index contributed by atoms with van der Waals surface area (Å²) in [4.78, 5) is 23.0. The molecule has 6 nitrogen and oxygen atoms in total. The Morgan fingerprint density at radius 1 is 1.32 bits per heavy atom. The summed E-state index contributed by atoms with van der Waals surface area (Å²) < 4.78 is 5.27. The van der Waals surface area contributed by atoms with Crippen molar-refractivity contribution in [2.45, 2.75) is 46.2 Å². The quantitative estimate of drug-likeness (QED) is 0.718. The molecule has 19 heavy (non-hydrogen) atoms. The maximum Gasteiger partial charge on any atom is 0.326 e. The van der Waals surface area contributed by atoms with Crippen LogP contribution in [0.2, 0.25) is 0 Å². The zero-order valence-corrected chi connectivity index (χ0v) is 12.0. The van der Waals surface area contributed by atoms with E-state index in [0.29, 0.717) is 12.5 Å². The topological polar surface area (TPSA) is 87.7 Å². The number of carboxylic acid groups (broad SMARTS) is 1. The molecule has 3 unspecified atom stereocenters. The highest BCUT2D eigenvalue weighted by Gasteiger charge is 2.33. The van der Waals surface area contributed by atoms with E-state index >= 15 is 0 Å². The van der Waals surface area contributed by atoms with Gasteiger partial charge in [-0.05, 0) is 18.8 Å². The molecule has 1 aliphatic rings. The molecule has 0 aliphatic carbocycles. The molecule has 6 heteroatoms. The van der Waals surface area contributed by atoms with E-state index in [1.165, 1.54) is 0 Å². The molecule has 0 spiro atoms. The van der Waals surface area contributed by atoms with E-state index in [9.17, 15) is 9.59 Å². The van der Waals surface area contributed by atoms with Crippen molar-refractivity contribution in [3.8, 4) is 0 Å². The molecule has 1 rings (SSSR count). The fourth-order valence-electron chi connectivity index (χ4n) is 2.09. The molecule has 0 bridgehead atoms. The highest BCUT2D eigenvalue weighted by molar-refractivity contribution is 5.83. The molecule has 1 saturated heterocycles. The molecule has 0 aromatic carbocycles. The summed E-state index contributed by atoms with van der Waals surface area (Å²) in [5.41, 5.74) is -0.539. The summed E-state index contributed by atoms with van der Waals surface area (Å²) in [6.07, 6.45) is 0.920. The van der Waals surface area contributed by atoms with Gasteiger partial charge in [-0.25, -0.2) is 9.59 Å². The first-order chi connectivity index (χ1) is 8.71. The van der Waals surface area contributed by atoms with Gasteiger partial charge < -0.3 is 20.5 Å². The molecule has 110 valence electrons. The number of carbonyl (C=O) groups excluding carboxylic acids is 1. The fraction of sp³-hybridized carbons (Fsp3) is 0.846. The van der Waals surface area contributed by atoms with Crippen molar-refractivity contribution < 1.29 is 19.4 Å². The molecule has 0 aromatic rings. The Morgan fingerprint density at radius 2 is 1.95 bits per heavy atom. The lowest BCUT2D eigenvalue weighted by Crippen LogP contribution is -2.54. The number of carbonyl (C=O) groups is 2. The molecule has 1 aliphatic heterocycles. The third kappa shape index (κ3) is 4.70. The molecule has 1 fully saturated rings.